The minimum absolute atomic E-state index is 0.0295. The summed E-state index contributed by atoms with van der Waals surface area (Å²) < 4.78 is 2.91. The van der Waals surface area contributed by atoms with Crippen LogP contribution in [0.4, 0.5) is 0 Å². The summed E-state index contributed by atoms with van der Waals surface area (Å²) in [6.07, 6.45) is 0. The molecule has 0 radical (unpaired) electrons. The highest BCUT2D eigenvalue weighted by Gasteiger charge is 2.12. The number of thioether (sulfide) groups is 1. The average Bonchev–Trinajstić information content (AvgIpc) is 2.78. The molecule has 7 heteroatoms. The smallest absolute Gasteiger partial charge is 0.230 e. The molecule has 2 aromatic rings. The molecule has 1 aromatic heterocycles. The van der Waals surface area contributed by atoms with Gasteiger partial charge in [0.1, 0.15) is 0 Å². The minimum atomic E-state index is -0.0295. The highest BCUT2D eigenvalue weighted by atomic mass is 79.9. The number of hydrogen-bond acceptors (Lipinski definition) is 4. The maximum absolute atomic E-state index is 11.2. The van der Waals surface area contributed by atoms with E-state index < -0.39 is 0 Å². The fraction of sp³-hybridized carbons (Fsp3) is 0.250. The van der Waals surface area contributed by atoms with E-state index in [-0.39, 0.29) is 5.91 Å². The molecule has 0 aliphatic rings. The lowest BCUT2D eigenvalue weighted by Crippen LogP contribution is -2.20. The molecule has 0 saturated carbocycles. The molecule has 100 valence electrons. The van der Waals surface area contributed by atoms with Crippen LogP contribution in [0.1, 0.15) is 0 Å². The van der Waals surface area contributed by atoms with Gasteiger partial charge in [0.25, 0.3) is 0 Å². The van der Waals surface area contributed by atoms with Crippen LogP contribution in [0.15, 0.2) is 33.9 Å². The lowest BCUT2D eigenvalue weighted by atomic mass is 10.2. The number of carbonyl (C=O) groups excluding carboxylic acids is 1. The second-order valence-electron chi connectivity index (χ2n) is 3.83. The number of nitrogens with zero attached hydrogens (tertiary/aromatic N) is 3. The van der Waals surface area contributed by atoms with Gasteiger partial charge in [-0.25, -0.2) is 0 Å². The molecule has 2 rings (SSSR count). The number of halogens is 1. The van der Waals surface area contributed by atoms with Crippen molar-refractivity contribution in [1.82, 2.24) is 20.1 Å². The van der Waals surface area contributed by atoms with E-state index in [1.807, 2.05) is 35.9 Å². The van der Waals surface area contributed by atoms with Crippen LogP contribution in [0.25, 0.3) is 11.4 Å². The Morgan fingerprint density at radius 1 is 1.37 bits per heavy atom. The average molecular weight is 341 g/mol. The number of rotatable bonds is 4. The summed E-state index contributed by atoms with van der Waals surface area (Å²) in [6.45, 7) is 0. The lowest BCUT2D eigenvalue weighted by Gasteiger charge is -2.03. The topological polar surface area (TPSA) is 59.8 Å². The van der Waals surface area contributed by atoms with Crippen LogP contribution < -0.4 is 5.32 Å². The van der Waals surface area contributed by atoms with E-state index in [0.29, 0.717) is 5.75 Å². The van der Waals surface area contributed by atoms with Gasteiger partial charge in [-0.2, -0.15) is 0 Å². The predicted octanol–water partition coefficient (Wildman–Crippen LogP) is 2.08. The van der Waals surface area contributed by atoms with Gasteiger partial charge in [0.05, 0.1) is 5.75 Å². The number of aromatic nitrogens is 3. The van der Waals surface area contributed by atoms with E-state index in [1.54, 1.807) is 7.05 Å². The summed E-state index contributed by atoms with van der Waals surface area (Å²) in [5, 5.41) is 11.6. The zero-order chi connectivity index (χ0) is 13.8. The molecule has 19 heavy (non-hydrogen) atoms. The van der Waals surface area contributed by atoms with Crippen molar-refractivity contribution in [2.24, 2.45) is 7.05 Å². The summed E-state index contributed by atoms with van der Waals surface area (Å²) >= 11 is 4.77. The molecule has 0 aliphatic carbocycles. The molecule has 5 nitrogen and oxygen atoms in total. The van der Waals surface area contributed by atoms with Crippen molar-refractivity contribution in [3.05, 3.63) is 28.7 Å². The standard InChI is InChI=1S/C12H13BrN4OS/c1-14-10(18)7-19-12-16-15-11(17(12)2)8-3-5-9(13)6-4-8/h3-6H,7H2,1-2H3,(H,14,18). The first-order valence-corrected chi connectivity index (χ1v) is 7.38. The predicted molar refractivity (Wildman–Crippen MR) is 78.9 cm³/mol. The van der Waals surface area contributed by atoms with E-state index in [1.165, 1.54) is 11.8 Å². The summed E-state index contributed by atoms with van der Waals surface area (Å²) in [5.41, 5.74) is 0.991. The van der Waals surface area contributed by atoms with Crippen LogP contribution in [0, 0.1) is 0 Å². The first-order chi connectivity index (χ1) is 9.11. The largest absolute Gasteiger partial charge is 0.358 e. The molecule has 0 fully saturated rings. The quantitative estimate of drug-likeness (QED) is 0.865. The maximum Gasteiger partial charge on any atom is 0.230 e. The first-order valence-electron chi connectivity index (χ1n) is 5.60. The Kier molecular flexibility index (Phi) is 4.60. The normalized spacial score (nSPS) is 10.5. The third kappa shape index (κ3) is 3.36. The molecule has 1 aromatic carbocycles. The third-order valence-electron chi connectivity index (χ3n) is 2.55. The highest BCUT2D eigenvalue weighted by Crippen LogP contribution is 2.23. The minimum Gasteiger partial charge on any atom is -0.358 e. The highest BCUT2D eigenvalue weighted by molar-refractivity contribution is 9.10. The second kappa shape index (κ2) is 6.21. The molecule has 0 bridgehead atoms. The van der Waals surface area contributed by atoms with E-state index in [9.17, 15) is 4.79 Å². The van der Waals surface area contributed by atoms with Crippen molar-refractivity contribution in [1.29, 1.82) is 0 Å². The second-order valence-corrected chi connectivity index (χ2v) is 5.69. The van der Waals surface area contributed by atoms with Crippen LogP contribution >= 0.6 is 27.7 Å². The fourth-order valence-corrected chi connectivity index (χ4v) is 2.54. The number of benzene rings is 1. The molecule has 0 saturated heterocycles. The number of carbonyl (C=O) groups is 1. The van der Waals surface area contributed by atoms with Gasteiger partial charge < -0.3 is 9.88 Å². The summed E-state index contributed by atoms with van der Waals surface area (Å²) in [5.74, 6) is 1.09. The Morgan fingerprint density at radius 2 is 2.05 bits per heavy atom. The Morgan fingerprint density at radius 3 is 2.68 bits per heavy atom. The van der Waals surface area contributed by atoms with Crippen LogP contribution in [0.5, 0.6) is 0 Å². The van der Waals surface area contributed by atoms with Gasteiger partial charge >= 0.3 is 0 Å². The van der Waals surface area contributed by atoms with Crippen molar-refractivity contribution >= 4 is 33.6 Å². The molecule has 0 spiro atoms. The third-order valence-corrected chi connectivity index (χ3v) is 4.10. The Labute approximate surface area is 123 Å². The Balaban J connectivity index is 2.18. The van der Waals surface area contributed by atoms with Gasteiger partial charge in [-0.05, 0) is 12.1 Å². The number of nitrogens with one attached hydrogen (secondary N) is 1. The summed E-state index contributed by atoms with van der Waals surface area (Å²) in [7, 11) is 3.51. The van der Waals surface area contributed by atoms with Gasteiger partial charge in [-0.3, -0.25) is 4.79 Å². The molecule has 0 unspecified atom stereocenters. The zero-order valence-corrected chi connectivity index (χ0v) is 13.0. The van der Waals surface area contributed by atoms with Gasteiger partial charge in [0.15, 0.2) is 11.0 Å². The zero-order valence-electron chi connectivity index (χ0n) is 10.6. The molecule has 1 N–H and O–H groups in total. The van der Waals surface area contributed by atoms with Crippen LogP contribution in [0.3, 0.4) is 0 Å². The van der Waals surface area contributed by atoms with Crippen molar-refractivity contribution in [2.45, 2.75) is 5.16 Å². The molecular weight excluding hydrogens is 328 g/mol. The van der Waals surface area contributed by atoms with E-state index in [2.05, 4.69) is 31.4 Å². The van der Waals surface area contributed by atoms with Gasteiger partial charge in [-0.1, -0.05) is 39.8 Å². The van der Waals surface area contributed by atoms with Crippen molar-refractivity contribution in [3.8, 4) is 11.4 Å². The first kappa shape index (κ1) is 14.1. The fourth-order valence-electron chi connectivity index (χ4n) is 1.49. The van der Waals surface area contributed by atoms with E-state index >= 15 is 0 Å². The summed E-state index contributed by atoms with van der Waals surface area (Å²) in [4.78, 5) is 11.2. The van der Waals surface area contributed by atoms with Crippen LogP contribution in [-0.4, -0.2) is 33.5 Å². The number of amides is 1. The van der Waals surface area contributed by atoms with Crippen molar-refractivity contribution in [2.75, 3.05) is 12.8 Å². The molecule has 0 aliphatic heterocycles. The van der Waals surface area contributed by atoms with Gasteiger partial charge in [0.2, 0.25) is 5.91 Å². The van der Waals surface area contributed by atoms with Crippen molar-refractivity contribution in [3.63, 3.8) is 0 Å². The van der Waals surface area contributed by atoms with E-state index in [0.717, 1.165) is 21.0 Å². The van der Waals surface area contributed by atoms with Crippen molar-refractivity contribution < 1.29 is 4.79 Å². The number of hydrogen-bond donors (Lipinski definition) is 1. The monoisotopic (exact) mass is 340 g/mol. The summed E-state index contributed by atoms with van der Waals surface area (Å²) in [6, 6.07) is 7.87. The molecule has 1 heterocycles. The van der Waals surface area contributed by atoms with E-state index in [4.69, 9.17) is 0 Å². The SMILES string of the molecule is CNC(=O)CSc1nnc(-c2ccc(Br)cc2)n1C. The van der Waals surface area contributed by atoms with Gasteiger partial charge in [-0.15, -0.1) is 10.2 Å². The molecule has 0 atom stereocenters. The molecule has 1 amide bonds. The Bertz CT molecular complexity index is 582. The Hall–Kier alpha value is -1.34. The van der Waals surface area contributed by atoms with Crippen LogP contribution in [-0.2, 0) is 11.8 Å². The van der Waals surface area contributed by atoms with Crippen LogP contribution in [0.2, 0.25) is 0 Å². The maximum atomic E-state index is 11.2. The van der Waals surface area contributed by atoms with Gasteiger partial charge in [0, 0.05) is 24.1 Å². The lowest BCUT2D eigenvalue weighted by molar-refractivity contribution is -0.118. The molecular formula is C12H13BrN4OS.